The summed E-state index contributed by atoms with van der Waals surface area (Å²) in [7, 11) is 0. The van der Waals surface area contributed by atoms with Gasteiger partial charge in [-0.25, -0.2) is 8.78 Å². The van der Waals surface area contributed by atoms with Crippen molar-refractivity contribution in [3.8, 4) is 5.75 Å². The van der Waals surface area contributed by atoms with Crippen LogP contribution in [0, 0.1) is 5.92 Å². The Bertz CT molecular complexity index is 658. The van der Waals surface area contributed by atoms with E-state index in [1.54, 1.807) is 6.07 Å². The molecule has 0 radical (unpaired) electrons. The van der Waals surface area contributed by atoms with Crippen molar-refractivity contribution in [3.05, 3.63) is 35.4 Å². The lowest BCUT2D eigenvalue weighted by atomic mass is 9.87. The smallest absolute Gasteiger partial charge is 0.416 e. The van der Waals surface area contributed by atoms with Crippen LogP contribution in [0.15, 0.2) is 24.3 Å². The van der Waals surface area contributed by atoms with Crippen molar-refractivity contribution in [1.82, 2.24) is 5.32 Å². The Hall–Kier alpha value is -1.63. The Labute approximate surface area is 149 Å². The van der Waals surface area contributed by atoms with Gasteiger partial charge in [-0.05, 0) is 61.1 Å². The predicted octanol–water partition coefficient (Wildman–Crippen LogP) is 5.29. The number of hydrogen-bond acceptors (Lipinski definition) is 2. The molecule has 0 unspecified atom stereocenters. The molecule has 2 nitrogen and oxygen atoms in total. The van der Waals surface area contributed by atoms with Gasteiger partial charge in [0.2, 0.25) is 5.92 Å². The minimum Gasteiger partial charge on any atom is -0.493 e. The van der Waals surface area contributed by atoms with Crippen LogP contribution in [0.3, 0.4) is 0 Å². The highest BCUT2D eigenvalue weighted by molar-refractivity contribution is 5.69. The maximum absolute atomic E-state index is 13.2. The first-order chi connectivity index (χ1) is 12.2. The van der Waals surface area contributed by atoms with E-state index < -0.39 is 17.7 Å². The van der Waals surface area contributed by atoms with Crippen LogP contribution < -0.4 is 10.1 Å². The number of rotatable bonds is 4. The molecule has 0 bridgehead atoms. The quantitative estimate of drug-likeness (QED) is 0.723. The Morgan fingerprint density at radius 3 is 2.46 bits per heavy atom. The average Bonchev–Trinajstić information content (AvgIpc) is 2.60. The molecule has 1 aromatic rings. The molecule has 144 valence electrons. The van der Waals surface area contributed by atoms with Crippen molar-refractivity contribution in [1.29, 1.82) is 0 Å². The van der Waals surface area contributed by atoms with E-state index in [1.807, 2.05) is 6.08 Å². The number of hydrogen-bond donors (Lipinski definition) is 1. The fraction of sp³-hybridized carbons (Fsp3) is 0.579. The third-order valence-electron chi connectivity index (χ3n) is 4.95. The standard InChI is InChI=1S/C19H22F5NO/c20-18(21)5-3-13(4-6-18)12-26-17-9-15(14-2-1-7-25-11-14)8-16(10-17)19(22,23)24/h2,8-10,13,25H,1,3-7,11-12H2. The van der Waals surface area contributed by atoms with E-state index in [2.05, 4.69) is 5.32 Å². The van der Waals surface area contributed by atoms with Gasteiger partial charge in [-0.2, -0.15) is 13.2 Å². The molecule has 1 fully saturated rings. The number of ether oxygens (including phenoxy) is 1. The summed E-state index contributed by atoms with van der Waals surface area (Å²) in [6.45, 7) is 1.48. The fourth-order valence-electron chi connectivity index (χ4n) is 3.38. The van der Waals surface area contributed by atoms with Gasteiger partial charge in [0.1, 0.15) is 5.75 Å². The number of alkyl halides is 5. The van der Waals surface area contributed by atoms with Crippen molar-refractivity contribution in [2.45, 2.75) is 44.2 Å². The molecule has 7 heteroatoms. The summed E-state index contributed by atoms with van der Waals surface area (Å²) in [5, 5.41) is 3.14. The molecule has 1 heterocycles. The van der Waals surface area contributed by atoms with Crippen LogP contribution in [0.1, 0.15) is 43.2 Å². The Morgan fingerprint density at radius 2 is 1.85 bits per heavy atom. The average molecular weight is 375 g/mol. The molecular formula is C19H22F5NO. The third kappa shape index (κ3) is 4.96. The number of halogens is 5. The van der Waals surface area contributed by atoms with Gasteiger partial charge in [-0.1, -0.05) is 6.08 Å². The third-order valence-corrected chi connectivity index (χ3v) is 4.95. The monoisotopic (exact) mass is 375 g/mol. The van der Waals surface area contributed by atoms with Crippen molar-refractivity contribution >= 4 is 5.57 Å². The normalized spacial score (nSPS) is 21.3. The highest BCUT2D eigenvalue weighted by Crippen LogP contribution is 2.37. The molecule has 1 aliphatic heterocycles. The zero-order valence-corrected chi connectivity index (χ0v) is 14.3. The second-order valence-electron chi connectivity index (χ2n) is 7.05. The van der Waals surface area contributed by atoms with Gasteiger partial charge in [0.05, 0.1) is 12.2 Å². The topological polar surface area (TPSA) is 21.3 Å². The van der Waals surface area contributed by atoms with Crippen LogP contribution in [0.4, 0.5) is 22.0 Å². The molecular weight excluding hydrogens is 353 g/mol. The molecule has 0 amide bonds. The summed E-state index contributed by atoms with van der Waals surface area (Å²) < 4.78 is 71.7. The molecule has 0 spiro atoms. The zero-order valence-electron chi connectivity index (χ0n) is 14.3. The SMILES string of the molecule is FC1(F)CCC(COc2cc(C3=CCCNC3)cc(C(F)(F)F)c2)CC1. The van der Waals surface area contributed by atoms with Crippen molar-refractivity contribution in [2.75, 3.05) is 19.7 Å². The van der Waals surface area contributed by atoms with Gasteiger partial charge in [0.25, 0.3) is 0 Å². The Morgan fingerprint density at radius 1 is 1.12 bits per heavy atom. The van der Waals surface area contributed by atoms with E-state index in [-0.39, 0.29) is 31.1 Å². The largest absolute Gasteiger partial charge is 0.493 e. The Kier molecular flexibility index (Phi) is 5.55. The van der Waals surface area contributed by atoms with Crippen molar-refractivity contribution < 1.29 is 26.7 Å². The zero-order chi connectivity index (χ0) is 18.8. The van der Waals surface area contributed by atoms with Crippen LogP contribution in [0.2, 0.25) is 0 Å². The molecule has 1 saturated carbocycles. The highest BCUT2D eigenvalue weighted by Gasteiger charge is 2.35. The van der Waals surface area contributed by atoms with Gasteiger partial charge in [-0.15, -0.1) is 0 Å². The molecule has 3 rings (SSSR count). The molecule has 0 aromatic heterocycles. The predicted molar refractivity (Wildman–Crippen MR) is 89.3 cm³/mol. The number of nitrogens with one attached hydrogen (secondary N) is 1. The van der Waals surface area contributed by atoms with E-state index in [0.717, 1.165) is 30.7 Å². The van der Waals surface area contributed by atoms with Crippen LogP contribution in [0.5, 0.6) is 5.75 Å². The van der Waals surface area contributed by atoms with Gasteiger partial charge < -0.3 is 10.1 Å². The molecule has 0 atom stereocenters. The highest BCUT2D eigenvalue weighted by atomic mass is 19.4. The first-order valence-electron chi connectivity index (χ1n) is 8.86. The van der Waals surface area contributed by atoms with Crippen LogP contribution in [0.25, 0.3) is 5.57 Å². The van der Waals surface area contributed by atoms with E-state index in [9.17, 15) is 22.0 Å². The summed E-state index contributed by atoms with van der Waals surface area (Å²) in [4.78, 5) is 0. The van der Waals surface area contributed by atoms with Crippen molar-refractivity contribution in [3.63, 3.8) is 0 Å². The van der Waals surface area contributed by atoms with Gasteiger partial charge in [0, 0.05) is 19.4 Å². The van der Waals surface area contributed by atoms with E-state index in [0.29, 0.717) is 24.9 Å². The lowest BCUT2D eigenvalue weighted by Crippen LogP contribution is -2.27. The molecule has 0 saturated heterocycles. The lowest BCUT2D eigenvalue weighted by Gasteiger charge is -2.28. The van der Waals surface area contributed by atoms with E-state index in [4.69, 9.17) is 4.74 Å². The summed E-state index contributed by atoms with van der Waals surface area (Å²) in [5.41, 5.74) is 0.536. The first-order valence-corrected chi connectivity index (χ1v) is 8.86. The number of benzene rings is 1. The van der Waals surface area contributed by atoms with Crippen LogP contribution >= 0.6 is 0 Å². The second kappa shape index (κ2) is 7.55. The van der Waals surface area contributed by atoms with E-state index >= 15 is 0 Å². The second-order valence-corrected chi connectivity index (χ2v) is 7.05. The summed E-state index contributed by atoms with van der Waals surface area (Å²) in [5.74, 6) is -2.54. The first kappa shape index (κ1) is 19.1. The minimum absolute atomic E-state index is 0.0526. The lowest BCUT2D eigenvalue weighted by molar-refractivity contribution is -0.137. The molecule has 1 aromatic carbocycles. The maximum Gasteiger partial charge on any atom is 0.416 e. The molecule has 1 aliphatic carbocycles. The van der Waals surface area contributed by atoms with Gasteiger partial charge >= 0.3 is 6.18 Å². The summed E-state index contributed by atoms with van der Waals surface area (Å²) in [6.07, 6.45) is -1.50. The van der Waals surface area contributed by atoms with Crippen LogP contribution in [-0.4, -0.2) is 25.6 Å². The molecule has 26 heavy (non-hydrogen) atoms. The van der Waals surface area contributed by atoms with Gasteiger partial charge in [-0.3, -0.25) is 0 Å². The minimum atomic E-state index is -4.47. The maximum atomic E-state index is 13.2. The fourth-order valence-corrected chi connectivity index (χ4v) is 3.38. The molecule has 2 aliphatic rings. The summed E-state index contributed by atoms with van der Waals surface area (Å²) in [6, 6.07) is 3.72. The Balaban J connectivity index is 1.74. The van der Waals surface area contributed by atoms with Crippen molar-refractivity contribution in [2.24, 2.45) is 5.92 Å². The van der Waals surface area contributed by atoms with Crippen LogP contribution in [-0.2, 0) is 6.18 Å². The molecule has 1 N–H and O–H groups in total. The van der Waals surface area contributed by atoms with E-state index in [1.165, 1.54) is 0 Å². The van der Waals surface area contributed by atoms with Gasteiger partial charge in [0.15, 0.2) is 0 Å². The summed E-state index contributed by atoms with van der Waals surface area (Å²) >= 11 is 0.